The van der Waals surface area contributed by atoms with Gasteiger partial charge in [0.2, 0.25) is 5.91 Å². The summed E-state index contributed by atoms with van der Waals surface area (Å²) in [4.78, 5) is 31.9. The molecule has 0 aliphatic carbocycles. The number of nitro groups is 1. The molecule has 1 aromatic heterocycles. The fourth-order valence-corrected chi connectivity index (χ4v) is 4.61. The Bertz CT molecular complexity index is 1050. The molecule has 4 rings (SSSR count). The van der Waals surface area contributed by atoms with Crippen LogP contribution in [-0.4, -0.2) is 58.3 Å². The highest BCUT2D eigenvalue weighted by molar-refractivity contribution is 7.18. The summed E-state index contributed by atoms with van der Waals surface area (Å²) in [7, 11) is 0. The van der Waals surface area contributed by atoms with Crippen molar-refractivity contribution >= 4 is 50.4 Å². The van der Waals surface area contributed by atoms with E-state index in [-0.39, 0.29) is 23.2 Å². The highest BCUT2D eigenvalue weighted by Crippen LogP contribution is 2.27. The number of hydrogen-bond acceptors (Lipinski definition) is 7. The number of carbonyl (C=O) groups is 1. The van der Waals surface area contributed by atoms with E-state index in [2.05, 4.69) is 26.2 Å². The highest BCUT2D eigenvalue weighted by atomic mass is 35.5. The lowest BCUT2D eigenvalue weighted by atomic mass is 10.2. The number of halogens is 1. The largest absolute Gasteiger partial charge is 0.325 e. The molecule has 0 saturated carbocycles. The quantitative estimate of drug-likeness (QED) is 0.460. The van der Waals surface area contributed by atoms with Gasteiger partial charge in [-0.15, -0.1) is 11.3 Å². The van der Waals surface area contributed by atoms with Crippen molar-refractivity contribution in [2.24, 2.45) is 0 Å². The molecule has 0 radical (unpaired) electrons. The van der Waals surface area contributed by atoms with Gasteiger partial charge < -0.3 is 5.32 Å². The minimum Gasteiger partial charge on any atom is -0.325 e. The first kappa shape index (κ1) is 20.7. The topological polar surface area (TPSA) is 91.6 Å². The molecule has 156 valence electrons. The van der Waals surface area contributed by atoms with E-state index in [9.17, 15) is 14.9 Å². The minimum absolute atomic E-state index is 0.0437. The number of benzene rings is 2. The van der Waals surface area contributed by atoms with Crippen LogP contribution in [0.3, 0.4) is 0 Å². The molecule has 1 amide bonds. The van der Waals surface area contributed by atoms with Gasteiger partial charge in [-0.3, -0.25) is 24.7 Å². The summed E-state index contributed by atoms with van der Waals surface area (Å²) in [6, 6.07) is 12.4. The van der Waals surface area contributed by atoms with Crippen LogP contribution in [0.2, 0.25) is 5.02 Å². The van der Waals surface area contributed by atoms with Crippen LogP contribution in [0.15, 0.2) is 42.5 Å². The van der Waals surface area contributed by atoms with Gasteiger partial charge in [0.25, 0.3) is 5.69 Å². The van der Waals surface area contributed by atoms with Crippen LogP contribution in [0, 0.1) is 10.1 Å². The molecule has 2 aromatic carbocycles. The maximum atomic E-state index is 12.3. The zero-order valence-electron chi connectivity index (χ0n) is 16.1. The molecule has 1 N–H and O–H groups in total. The van der Waals surface area contributed by atoms with Crippen LogP contribution in [0.4, 0.5) is 11.4 Å². The zero-order valence-corrected chi connectivity index (χ0v) is 17.7. The van der Waals surface area contributed by atoms with Crippen LogP contribution < -0.4 is 5.32 Å². The van der Waals surface area contributed by atoms with E-state index in [1.54, 1.807) is 17.4 Å². The Labute approximate surface area is 182 Å². The summed E-state index contributed by atoms with van der Waals surface area (Å²) in [5.74, 6) is -0.203. The second kappa shape index (κ2) is 9.05. The number of nitro benzene ring substituents is 1. The number of nitrogens with zero attached hydrogens (tertiary/aromatic N) is 4. The van der Waals surface area contributed by atoms with Gasteiger partial charge in [0.05, 0.1) is 28.2 Å². The van der Waals surface area contributed by atoms with Gasteiger partial charge >= 0.3 is 0 Å². The number of hydrogen-bond donors (Lipinski definition) is 1. The average molecular weight is 446 g/mol. The van der Waals surface area contributed by atoms with Crippen LogP contribution >= 0.6 is 22.9 Å². The predicted molar refractivity (Wildman–Crippen MR) is 118 cm³/mol. The van der Waals surface area contributed by atoms with Crippen molar-refractivity contribution < 1.29 is 9.72 Å². The lowest BCUT2D eigenvalue weighted by Crippen LogP contribution is -2.48. The molecule has 8 nitrogen and oxygen atoms in total. The number of anilines is 1. The number of carbonyl (C=O) groups excluding carboxylic acids is 1. The van der Waals surface area contributed by atoms with Crippen LogP contribution in [0.25, 0.3) is 10.2 Å². The van der Waals surface area contributed by atoms with Gasteiger partial charge in [0, 0.05) is 37.9 Å². The normalized spacial score (nSPS) is 15.4. The lowest BCUT2D eigenvalue weighted by Gasteiger charge is -2.33. The van der Waals surface area contributed by atoms with Gasteiger partial charge in [0.15, 0.2) is 0 Å². The zero-order chi connectivity index (χ0) is 21.1. The standard InChI is InChI=1S/C20H20ClN5O3S/c21-15-6-5-14(11-17(15)26(28)29)22-19(27)12-24-7-9-25(10-8-24)13-20-23-16-3-1-2-4-18(16)30-20/h1-6,11H,7-10,12-13H2,(H,22,27). The van der Waals surface area contributed by atoms with Crippen molar-refractivity contribution in [2.45, 2.75) is 6.54 Å². The summed E-state index contributed by atoms with van der Waals surface area (Å²) in [6.07, 6.45) is 0. The second-order valence-corrected chi connectivity index (χ2v) is 8.62. The summed E-state index contributed by atoms with van der Waals surface area (Å²) < 4.78 is 1.20. The third kappa shape index (κ3) is 4.93. The van der Waals surface area contributed by atoms with Crippen LogP contribution in [-0.2, 0) is 11.3 Å². The third-order valence-electron chi connectivity index (χ3n) is 4.96. The fourth-order valence-electron chi connectivity index (χ4n) is 3.42. The Hall–Kier alpha value is -2.59. The van der Waals surface area contributed by atoms with Gasteiger partial charge in [0.1, 0.15) is 10.0 Å². The molecular weight excluding hydrogens is 426 g/mol. The summed E-state index contributed by atoms with van der Waals surface area (Å²) >= 11 is 7.53. The molecule has 1 aliphatic rings. The maximum Gasteiger partial charge on any atom is 0.289 e. The number of para-hydroxylation sites is 1. The molecular formula is C20H20ClN5O3S. The second-order valence-electron chi connectivity index (χ2n) is 7.10. The van der Waals surface area contributed by atoms with Crippen LogP contribution in [0.1, 0.15) is 5.01 Å². The number of thiazole rings is 1. The Morgan fingerprint density at radius 1 is 1.17 bits per heavy atom. The highest BCUT2D eigenvalue weighted by Gasteiger charge is 2.21. The molecule has 0 bridgehead atoms. The Morgan fingerprint density at radius 3 is 2.63 bits per heavy atom. The molecule has 1 saturated heterocycles. The summed E-state index contributed by atoms with van der Waals surface area (Å²) in [5.41, 5.74) is 1.18. The smallest absolute Gasteiger partial charge is 0.289 e. The summed E-state index contributed by atoms with van der Waals surface area (Å²) in [6.45, 7) is 4.32. The van der Waals surface area contributed by atoms with E-state index in [1.807, 2.05) is 18.2 Å². The molecule has 2 heterocycles. The molecule has 1 fully saturated rings. The number of aromatic nitrogens is 1. The number of piperazine rings is 1. The van der Waals surface area contributed by atoms with Crippen molar-refractivity contribution in [1.82, 2.24) is 14.8 Å². The van der Waals surface area contributed by atoms with Gasteiger partial charge in [-0.05, 0) is 24.3 Å². The number of nitrogens with one attached hydrogen (secondary N) is 1. The molecule has 30 heavy (non-hydrogen) atoms. The number of amides is 1. The third-order valence-corrected chi connectivity index (χ3v) is 6.30. The molecule has 1 aliphatic heterocycles. The Morgan fingerprint density at radius 2 is 1.90 bits per heavy atom. The maximum absolute atomic E-state index is 12.3. The minimum atomic E-state index is -0.567. The van der Waals surface area contributed by atoms with Crippen molar-refractivity contribution in [3.63, 3.8) is 0 Å². The van der Waals surface area contributed by atoms with Crippen molar-refractivity contribution in [2.75, 3.05) is 38.0 Å². The predicted octanol–water partition coefficient (Wildman–Crippen LogP) is 3.61. The van der Waals surface area contributed by atoms with E-state index < -0.39 is 4.92 Å². The van der Waals surface area contributed by atoms with Gasteiger partial charge in [-0.2, -0.15) is 0 Å². The van der Waals surface area contributed by atoms with E-state index in [0.29, 0.717) is 5.69 Å². The van der Waals surface area contributed by atoms with Crippen LogP contribution in [0.5, 0.6) is 0 Å². The Kier molecular flexibility index (Phi) is 6.24. The SMILES string of the molecule is O=C(CN1CCN(Cc2nc3ccccc3s2)CC1)Nc1ccc(Cl)c([N+](=O)[O-])c1. The van der Waals surface area contributed by atoms with Gasteiger partial charge in [-0.1, -0.05) is 23.7 Å². The average Bonchev–Trinajstić information content (AvgIpc) is 3.13. The number of rotatable bonds is 6. The molecule has 10 heteroatoms. The monoisotopic (exact) mass is 445 g/mol. The molecule has 0 spiro atoms. The fraction of sp³-hybridized carbons (Fsp3) is 0.300. The van der Waals surface area contributed by atoms with E-state index in [4.69, 9.17) is 11.6 Å². The first-order valence-electron chi connectivity index (χ1n) is 9.51. The molecule has 3 aromatic rings. The summed E-state index contributed by atoms with van der Waals surface area (Å²) in [5, 5.41) is 14.8. The van der Waals surface area contributed by atoms with E-state index >= 15 is 0 Å². The first-order valence-corrected chi connectivity index (χ1v) is 10.7. The first-order chi connectivity index (χ1) is 14.5. The van der Waals surface area contributed by atoms with Crippen molar-refractivity contribution in [3.05, 3.63) is 62.6 Å². The van der Waals surface area contributed by atoms with Crippen molar-refractivity contribution in [1.29, 1.82) is 0 Å². The van der Waals surface area contributed by atoms with E-state index in [0.717, 1.165) is 43.2 Å². The molecule has 0 unspecified atom stereocenters. The van der Waals surface area contributed by atoms with E-state index in [1.165, 1.54) is 16.8 Å². The Balaban J connectivity index is 1.26. The lowest BCUT2D eigenvalue weighted by molar-refractivity contribution is -0.384. The van der Waals surface area contributed by atoms with Crippen molar-refractivity contribution in [3.8, 4) is 0 Å². The van der Waals surface area contributed by atoms with Gasteiger partial charge in [-0.25, -0.2) is 4.98 Å². The molecule has 0 atom stereocenters. The number of fused-ring (bicyclic) bond motifs is 1.